The second kappa shape index (κ2) is 15.5. The molecule has 2 heteroatoms. The van der Waals surface area contributed by atoms with Crippen LogP contribution in [-0.2, 0) is 0 Å². The molecule has 0 heterocycles. The molecule has 0 radical (unpaired) electrons. The number of benzene rings is 10. The first-order chi connectivity index (χ1) is 28.8. The Morgan fingerprint density at radius 3 is 1.21 bits per heavy atom. The van der Waals surface area contributed by atoms with E-state index >= 15 is 0 Å². The number of rotatable bonds is 9. The zero-order valence-electron chi connectivity index (χ0n) is 32.0. The lowest BCUT2D eigenvalue weighted by atomic mass is 9.92. The van der Waals surface area contributed by atoms with E-state index in [1.165, 1.54) is 54.9 Å². The highest BCUT2D eigenvalue weighted by Crippen LogP contribution is 2.45. The van der Waals surface area contributed by atoms with E-state index in [2.05, 4.69) is 252 Å². The van der Waals surface area contributed by atoms with Gasteiger partial charge in [0.15, 0.2) is 0 Å². The molecule has 0 amide bonds. The second-order valence-electron chi connectivity index (χ2n) is 14.6. The number of hydrogen-bond acceptors (Lipinski definition) is 2. The predicted molar refractivity (Wildman–Crippen MR) is 247 cm³/mol. The van der Waals surface area contributed by atoms with Gasteiger partial charge in [-0.2, -0.15) is 0 Å². The highest BCUT2D eigenvalue weighted by Gasteiger charge is 2.20. The van der Waals surface area contributed by atoms with E-state index in [1.807, 2.05) is 0 Å². The maximum Gasteiger partial charge on any atom is 0.0546 e. The minimum absolute atomic E-state index is 1.08. The zero-order chi connectivity index (χ0) is 38.7. The van der Waals surface area contributed by atoms with E-state index < -0.39 is 0 Å². The third-order valence-electron chi connectivity index (χ3n) is 11.0. The summed E-state index contributed by atoms with van der Waals surface area (Å²) in [6, 6.07) is 87.2. The van der Waals surface area contributed by atoms with Crippen LogP contribution in [0.1, 0.15) is 0 Å². The van der Waals surface area contributed by atoms with Gasteiger partial charge in [0, 0.05) is 33.8 Å². The van der Waals surface area contributed by atoms with Gasteiger partial charge in [0.1, 0.15) is 0 Å². The zero-order valence-corrected chi connectivity index (χ0v) is 32.0. The summed E-state index contributed by atoms with van der Waals surface area (Å²) in [5.41, 5.74) is 13.9. The second-order valence-corrected chi connectivity index (χ2v) is 14.6. The molecule has 274 valence electrons. The molecule has 0 atom stereocenters. The van der Waals surface area contributed by atoms with Crippen molar-refractivity contribution in [3.8, 4) is 33.4 Å². The highest BCUT2D eigenvalue weighted by atomic mass is 15.2. The Labute approximate surface area is 340 Å². The van der Waals surface area contributed by atoms with Crippen molar-refractivity contribution >= 4 is 55.7 Å². The van der Waals surface area contributed by atoms with Gasteiger partial charge in [0.2, 0.25) is 0 Å². The van der Waals surface area contributed by atoms with Crippen LogP contribution in [0.2, 0.25) is 0 Å². The topological polar surface area (TPSA) is 6.48 Å². The lowest BCUT2D eigenvalue weighted by molar-refractivity contribution is 1.26. The molecule has 0 aliphatic rings. The van der Waals surface area contributed by atoms with E-state index in [4.69, 9.17) is 0 Å². The SMILES string of the molecule is c1ccc(-c2ccc(-c3ccc(N(c4ccccc4)c4ccc(N(c5ccccc5)c5cccc6cccc(-c7cccc8ccccc78)c56)cc4)cc3)cc2)cc1. The molecule has 10 rings (SSSR count). The van der Waals surface area contributed by atoms with Gasteiger partial charge in [0.25, 0.3) is 0 Å². The average molecular weight is 741 g/mol. The van der Waals surface area contributed by atoms with Crippen molar-refractivity contribution in [1.82, 2.24) is 0 Å². The minimum Gasteiger partial charge on any atom is -0.311 e. The highest BCUT2D eigenvalue weighted by molar-refractivity contribution is 6.11. The molecule has 0 aliphatic carbocycles. The lowest BCUT2D eigenvalue weighted by Crippen LogP contribution is -2.12. The van der Waals surface area contributed by atoms with Crippen LogP contribution in [0.4, 0.5) is 34.1 Å². The van der Waals surface area contributed by atoms with Crippen molar-refractivity contribution in [3.05, 3.63) is 243 Å². The maximum absolute atomic E-state index is 2.39. The summed E-state index contributed by atoms with van der Waals surface area (Å²) >= 11 is 0. The Morgan fingerprint density at radius 1 is 0.224 bits per heavy atom. The third-order valence-corrected chi connectivity index (χ3v) is 11.0. The summed E-state index contributed by atoms with van der Waals surface area (Å²) in [4.78, 5) is 4.72. The predicted octanol–water partition coefficient (Wildman–Crippen LogP) is 15.9. The van der Waals surface area contributed by atoms with Crippen LogP contribution in [-0.4, -0.2) is 0 Å². The summed E-state index contributed by atoms with van der Waals surface area (Å²) in [6.45, 7) is 0. The fraction of sp³-hybridized carbons (Fsp3) is 0. The van der Waals surface area contributed by atoms with Crippen molar-refractivity contribution in [2.45, 2.75) is 0 Å². The monoisotopic (exact) mass is 740 g/mol. The first-order valence-corrected chi connectivity index (χ1v) is 19.8. The Morgan fingerprint density at radius 2 is 0.603 bits per heavy atom. The van der Waals surface area contributed by atoms with Crippen LogP contribution in [0.15, 0.2) is 243 Å². The van der Waals surface area contributed by atoms with E-state index in [9.17, 15) is 0 Å². The Hall–Kier alpha value is -7.68. The third kappa shape index (κ3) is 6.67. The smallest absolute Gasteiger partial charge is 0.0546 e. The van der Waals surface area contributed by atoms with Gasteiger partial charge < -0.3 is 9.80 Å². The lowest BCUT2D eigenvalue weighted by Gasteiger charge is -2.29. The largest absolute Gasteiger partial charge is 0.311 e. The number of para-hydroxylation sites is 2. The van der Waals surface area contributed by atoms with Crippen LogP contribution in [0.3, 0.4) is 0 Å². The molecule has 2 nitrogen and oxygen atoms in total. The Kier molecular flexibility index (Phi) is 9.27. The van der Waals surface area contributed by atoms with Crippen LogP contribution >= 0.6 is 0 Å². The maximum atomic E-state index is 2.39. The first kappa shape index (κ1) is 34.8. The van der Waals surface area contributed by atoms with E-state index in [0.29, 0.717) is 0 Å². The fourth-order valence-electron chi connectivity index (χ4n) is 8.26. The van der Waals surface area contributed by atoms with Gasteiger partial charge in [-0.3, -0.25) is 0 Å². The fourth-order valence-corrected chi connectivity index (χ4v) is 8.26. The van der Waals surface area contributed by atoms with Crippen molar-refractivity contribution in [1.29, 1.82) is 0 Å². The van der Waals surface area contributed by atoms with Crippen molar-refractivity contribution in [2.24, 2.45) is 0 Å². The first-order valence-electron chi connectivity index (χ1n) is 19.8. The molecule has 0 bridgehead atoms. The van der Waals surface area contributed by atoms with Crippen LogP contribution < -0.4 is 9.80 Å². The molecular formula is C56H40N2. The van der Waals surface area contributed by atoms with Gasteiger partial charge >= 0.3 is 0 Å². The Bertz CT molecular complexity index is 2950. The standard InChI is InChI=1S/C56H40N2/c1-4-15-41(16-5-1)42-29-31-43(32-30-42)44-33-35-49(36-34-44)57(47-21-6-2-7-22-47)50-37-39-51(40-38-50)58(48-23-8-3-9-24-48)55-28-14-20-46-19-13-27-54(56(46)55)53-26-12-18-45-17-10-11-25-52(45)53/h1-40H. The van der Waals surface area contributed by atoms with E-state index in [0.717, 1.165) is 34.1 Å². The molecule has 10 aromatic rings. The summed E-state index contributed by atoms with van der Waals surface area (Å²) in [5, 5.41) is 4.90. The van der Waals surface area contributed by atoms with Crippen LogP contribution in [0, 0.1) is 0 Å². The van der Waals surface area contributed by atoms with Crippen molar-refractivity contribution < 1.29 is 0 Å². The minimum atomic E-state index is 1.08. The molecule has 0 aromatic heterocycles. The summed E-state index contributed by atoms with van der Waals surface area (Å²) in [6.07, 6.45) is 0. The van der Waals surface area contributed by atoms with Gasteiger partial charge in [-0.25, -0.2) is 0 Å². The molecule has 0 N–H and O–H groups in total. The quantitative estimate of drug-likeness (QED) is 0.145. The van der Waals surface area contributed by atoms with Crippen molar-refractivity contribution in [3.63, 3.8) is 0 Å². The van der Waals surface area contributed by atoms with Gasteiger partial charge in [0.05, 0.1) is 5.69 Å². The summed E-state index contributed by atoms with van der Waals surface area (Å²) in [5.74, 6) is 0. The Balaban J connectivity index is 1.04. The van der Waals surface area contributed by atoms with Crippen LogP contribution in [0.25, 0.3) is 54.9 Å². The number of hydrogen-bond donors (Lipinski definition) is 0. The molecule has 58 heavy (non-hydrogen) atoms. The molecule has 0 saturated heterocycles. The van der Waals surface area contributed by atoms with Crippen molar-refractivity contribution in [2.75, 3.05) is 9.80 Å². The average Bonchev–Trinajstić information content (AvgIpc) is 3.31. The van der Waals surface area contributed by atoms with Gasteiger partial charge in [-0.15, -0.1) is 0 Å². The van der Waals surface area contributed by atoms with E-state index in [-0.39, 0.29) is 0 Å². The molecular weight excluding hydrogens is 701 g/mol. The molecule has 0 spiro atoms. The molecule has 0 unspecified atom stereocenters. The number of nitrogens with zero attached hydrogens (tertiary/aromatic N) is 2. The van der Waals surface area contributed by atoms with E-state index in [1.54, 1.807) is 0 Å². The van der Waals surface area contributed by atoms with Crippen LogP contribution in [0.5, 0.6) is 0 Å². The summed E-state index contributed by atoms with van der Waals surface area (Å²) < 4.78 is 0. The molecule has 0 fully saturated rings. The number of anilines is 6. The van der Waals surface area contributed by atoms with Gasteiger partial charge in [-0.1, -0.05) is 176 Å². The number of fused-ring (bicyclic) bond motifs is 2. The molecule has 0 saturated carbocycles. The normalized spacial score (nSPS) is 11.1. The molecule has 0 aliphatic heterocycles. The molecule has 10 aromatic carbocycles. The van der Waals surface area contributed by atoms with Gasteiger partial charge in [-0.05, 0) is 116 Å². The summed E-state index contributed by atoms with van der Waals surface area (Å²) in [7, 11) is 0.